The van der Waals surface area contributed by atoms with Gasteiger partial charge in [-0.1, -0.05) is 0 Å². The molecule has 0 aromatic rings. The molecule has 16 heavy (non-hydrogen) atoms. The van der Waals surface area contributed by atoms with Crippen molar-refractivity contribution in [1.29, 1.82) is 5.26 Å². The standard InChI is InChI=1S/C10H9F3N2S/c11-10(12,13)7-3-8(5-1-2-5)15-9(16)6(7)4-14/h3,5,9,15-16H,1-2H2. The number of rotatable bonds is 1. The molecule has 0 saturated heterocycles. The van der Waals surface area contributed by atoms with Gasteiger partial charge in [-0.05, 0) is 24.8 Å². The summed E-state index contributed by atoms with van der Waals surface area (Å²) in [7, 11) is 0. The topological polar surface area (TPSA) is 35.8 Å². The van der Waals surface area contributed by atoms with Crippen molar-refractivity contribution < 1.29 is 13.2 Å². The SMILES string of the molecule is N#CC1=C(C(F)(F)F)C=C(C2CC2)NC1S. The van der Waals surface area contributed by atoms with Crippen molar-refractivity contribution in [2.75, 3.05) is 0 Å². The van der Waals surface area contributed by atoms with Crippen LogP contribution >= 0.6 is 12.6 Å². The molecule has 0 aromatic heterocycles. The van der Waals surface area contributed by atoms with Gasteiger partial charge in [0, 0.05) is 5.70 Å². The van der Waals surface area contributed by atoms with Gasteiger partial charge in [-0.2, -0.15) is 18.4 Å². The van der Waals surface area contributed by atoms with Gasteiger partial charge in [0.1, 0.15) is 5.37 Å². The largest absolute Gasteiger partial charge is 0.417 e. The fourth-order valence-electron chi connectivity index (χ4n) is 1.64. The van der Waals surface area contributed by atoms with Crippen LogP contribution in [0.25, 0.3) is 0 Å². The second-order valence-corrected chi connectivity index (χ2v) is 4.37. The minimum Gasteiger partial charge on any atom is -0.372 e. The van der Waals surface area contributed by atoms with E-state index < -0.39 is 17.1 Å². The number of nitrogens with zero attached hydrogens (tertiary/aromatic N) is 1. The molecule has 1 aliphatic carbocycles. The van der Waals surface area contributed by atoms with Crippen LogP contribution in [0.15, 0.2) is 22.9 Å². The van der Waals surface area contributed by atoms with Gasteiger partial charge in [-0.15, -0.1) is 12.6 Å². The second-order valence-electron chi connectivity index (χ2n) is 3.86. The van der Waals surface area contributed by atoms with E-state index in [0.717, 1.165) is 18.9 Å². The number of hydrogen-bond acceptors (Lipinski definition) is 3. The number of nitriles is 1. The molecule has 1 fully saturated rings. The fraction of sp³-hybridized carbons (Fsp3) is 0.500. The predicted octanol–water partition coefficient (Wildman–Crippen LogP) is 2.52. The Morgan fingerprint density at radius 2 is 2.06 bits per heavy atom. The number of thiol groups is 1. The first kappa shape index (κ1) is 11.4. The quantitative estimate of drug-likeness (QED) is 0.697. The number of nitrogens with one attached hydrogen (secondary N) is 1. The van der Waals surface area contributed by atoms with E-state index in [4.69, 9.17) is 5.26 Å². The Kier molecular flexibility index (Phi) is 2.66. The zero-order valence-electron chi connectivity index (χ0n) is 8.17. The third-order valence-corrected chi connectivity index (χ3v) is 3.00. The highest BCUT2D eigenvalue weighted by molar-refractivity contribution is 7.81. The lowest BCUT2D eigenvalue weighted by Gasteiger charge is -2.25. The van der Waals surface area contributed by atoms with E-state index in [1.165, 1.54) is 0 Å². The summed E-state index contributed by atoms with van der Waals surface area (Å²) >= 11 is 3.98. The van der Waals surface area contributed by atoms with Crippen molar-refractivity contribution >= 4 is 12.6 Å². The minimum absolute atomic E-state index is 0.173. The summed E-state index contributed by atoms with van der Waals surface area (Å²) in [5.41, 5.74) is -0.679. The molecule has 0 bridgehead atoms. The Morgan fingerprint density at radius 3 is 2.50 bits per heavy atom. The van der Waals surface area contributed by atoms with Crippen LogP contribution in [0.4, 0.5) is 13.2 Å². The van der Waals surface area contributed by atoms with Crippen molar-refractivity contribution in [1.82, 2.24) is 5.32 Å². The van der Waals surface area contributed by atoms with Crippen molar-refractivity contribution in [2.24, 2.45) is 5.92 Å². The third-order valence-electron chi connectivity index (χ3n) is 2.61. The van der Waals surface area contributed by atoms with Crippen molar-refractivity contribution in [2.45, 2.75) is 24.4 Å². The second kappa shape index (κ2) is 3.74. The minimum atomic E-state index is -4.49. The Balaban J connectivity index is 2.43. The Bertz CT molecular complexity index is 413. The van der Waals surface area contributed by atoms with Crippen LogP contribution in [-0.2, 0) is 0 Å². The smallest absolute Gasteiger partial charge is 0.372 e. The molecule has 2 nitrogen and oxygen atoms in total. The fourth-order valence-corrected chi connectivity index (χ4v) is 1.98. The van der Waals surface area contributed by atoms with E-state index in [9.17, 15) is 13.2 Å². The highest BCUT2D eigenvalue weighted by atomic mass is 32.1. The first-order valence-corrected chi connectivity index (χ1v) is 5.33. The van der Waals surface area contributed by atoms with Gasteiger partial charge in [0.25, 0.3) is 0 Å². The van der Waals surface area contributed by atoms with Gasteiger partial charge >= 0.3 is 6.18 Å². The Labute approximate surface area is 96.2 Å². The van der Waals surface area contributed by atoms with Gasteiger partial charge in [0.05, 0.1) is 17.2 Å². The normalized spacial score (nSPS) is 25.9. The van der Waals surface area contributed by atoms with E-state index in [1.54, 1.807) is 6.07 Å². The summed E-state index contributed by atoms with van der Waals surface area (Å²) in [5, 5.41) is 10.7. The molecule has 2 aliphatic rings. The average molecular weight is 246 g/mol. The van der Waals surface area contributed by atoms with E-state index in [0.29, 0.717) is 5.70 Å². The zero-order valence-corrected chi connectivity index (χ0v) is 9.07. The summed E-state index contributed by atoms with van der Waals surface area (Å²) < 4.78 is 38.1. The molecule has 1 aliphatic heterocycles. The van der Waals surface area contributed by atoms with Gasteiger partial charge in [-0.25, -0.2) is 0 Å². The highest BCUT2D eigenvalue weighted by Crippen LogP contribution is 2.41. The molecule has 1 unspecified atom stereocenters. The van der Waals surface area contributed by atoms with Crippen LogP contribution in [0.3, 0.4) is 0 Å². The first-order chi connectivity index (χ1) is 7.43. The molecule has 1 saturated carbocycles. The summed E-state index contributed by atoms with van der Waals surface area (Å²) in [6.07, 6.45) is -1.66. The summed E-state index contributed by atoms with van der Waals surface area (Å²) in [6, 6.07) is 1.57. The molecule has 1 N–H and O–H groups in total. The highest BCUT2D eigenvalue weighted by Gasteiger charge is 2.41. The number of hydrogen-bond donors (Lipinski definition) is 2. The van der Waals surface area contributed by atoms with Crippen LogP contribution in [-0.4, -0.2) is 11.6 Å². The number of alkyl halides is 3. The molecule has 0 amide bonds. The average Bonchev–Trinajstić information content (AvgIpc) is 2.98. The van der Waals surface area contributed by atoms with E-state index in [-0.39, 0.29) is 11.5 Å². The van der Waals surface area contributed by atoms with Gasteiger partial charge in [0.15, 0.2) is 0 Å². The van der Waals surface area contributed by atoms with Gasteiger partial charge < -0.3 is 5.32 Å². The molecular formula is C10H9F3N2S. The number of allylic oxidation sites excluding steroid dienone is 3. The molecule has 0 spiro atoms. The maximum absolute atomic E-state index is 12.7. The van der Waals surface area contributed by atoms with E-state index >= 15 is 0 Å². The molecule has 1 heterocycles. The molecule has 6 heteroatoms. The molecule has 0 aromatic carbocycles. The number of dihydropyridines is 1. The van der Waals surface area contributed by atoms with Crippen LogP contribution < -0.4 is 5.32 Å². The van der Waals surface area contributed by atoms with Crippen LogP contribution in [0.1, 0.15) is 12.8 Å². The maximum atomic E-state index is 12.7. The van der Waals surface area contributed by atoms with Crippen LogP contribution in [0, 0.1) is 17.2 Å². The maximum Gasteiger partial charge on any atom is 0.417 e. The predicted molar refractivity (Wildman–Crippen MR) is 55.4 cm³/mol. The van der Waals surface area contributed by atoms with Crippen LogP contribution in [0.5, 0.6) is 0 Å². The van der Waals surface area contributed by atoms with Gasteiger partial charge in [0.2, 0.25) is 0 Å². The van der Waals surface area contributed by atoms with Crippen LogP contribution in [0.2, 0.25) is 0 Å². The van der Waals surface area contributed by atoms with Crippen molar-refractivity contribution in [3.05, 3.63) is 22.9 Å². The lowest BCUT2D eigenvalue weighted by molar-refractivity contribution is -0.0892. The first-order valence-electron chi connectivity index (χ1n) is 4.81. The molecule has 0 radical (unpaired) electrons. The molecule has 86 valence electrons. The van der Waals surface area contributed by atoms with Crippen molar-refractivity contribution in [3.8, 4) is 6.07 Å². The lowest BCUT2D eigenvalue weighted by atomic mass is 10.0. The monoisotopic (exact) mass is 246 g/mol. The van der Waals surface area contributed by atoms with E-state index in [1.807, 2.05) is 0 Å². The third kappa shape index (κ3) is 2.05. The zero-order chi connectivity index (χ0) is 11.9. The molecular weight excluding hydrogens is 237 g/mol. The van der Waals surface area contributed by atoms with E-state index in [2.05, 4.69) is 17.9 Å². The van der Waals surface area contributed by atoms with Crippen molar-refractivity contribution in [3.63, 3.8) is 0 Å². The van der Waals surface area contributed by atoms with Gasteiger partial charge in [-0.3, -0.25) is 0 Å². The summed E-state index contributed by atoms with van der Waals surface area (Å²) in [6.45, 7) is 0. The lowest BCUT2D eigenvalue weighted by Crippen LogP contribution is -2.33. The Morgan fingerprint density at radius 1 is 1.44 bits per heavy atom. The summed E-state index contributed by atoms with van der Waals surface area (Å²) in [4.78, 5) is 0. The Hall–Kier alpha value is -1.09. The number of halogens is 3. The molecule has 1 atom stereocenters. The molecule has 2 rings (SSSR count). The summed E-state index contributed by atoms with van der Waals surface area (Å²) in [5.74, 6) is 0.173.